The zero-order valence-electron chi connectivity index (χ0n) is 25.7. The molecule has 0 saturated carbocycles. The average molecular weight is 698 g/mol. The van der Waals surface area contributed by atoms with Crippen molar-refractivity contribution < 1.29 is 54.6 Å². The van der Waals surface area contributed by atoms with E-state index in [1.165, 1.54) is 50.4 Å². The number of aromatic nitrogens is 1. The van der Waals surface area contributed by atoms with Crippen molar-refractivity contribution in [1.29, 1.82) is 0 Å². The molecule has 8 nitrogen and oxygen atoms in total. The van der Waals surface area contributed by atoms with Gasteiger partial charge in [0.2, 0.25) is 0 Å². The summed E-state index contributed by atoms with van der Waals surface area (Å²) < 4.78 is 119. The van der Waals surface area contributed by atoms with E-state index in [-0.39, 0.29) is 40.7 Å². The lowest BCUT2D eigenvalue weighted by atomic mass is 9.90. The van der Waals surface area contributed by atoms with Crippen LogP contribution in [0.2, 0.25) is 0 Å². The molecule has 1 aliphatic heterocycles. The highest BCUT2D eigenvalue weighted by Crippen LogP contribution is 2.39. The van der Waals surface area contributed by atoms with Crippen LogP contribution in [0.1, 0.15) is 27.2 Å². The summed E-state index contributed by atoms with van der Waals surface area (Å²) in [5, 5.41) is 12.3. The first-order valence-corrected chi connectivity index (χ1v) is 14.6. The number of benzene rings is 3. The lowest BCUT2D eigenvalue weighted by Gasteiger charge is -2.38. The van der Waals surface area contributed by atoms with Crippen LogP contribution in [0.25, 0.3) is 21.9 Å². The third kappa shape index (κ3) is 6.95. The first-order valence-electron chi connectivity index (χ1n) is 14.6. The predicted molar refractivity (Wildman–Crippen MR) is 161 cm³/mol. The van der Waals surface area contributed by atoms with E-state index in [1.54, 1.807) is 0 Å². The third-order valence-electron chi connectivity index (χ3n) is 8.38. The number of rotatable bonds is 7. The Labute approximate surface area is 272 Å². The Balaban J connectivity index is 1.48. The Bertz CT molecular complexity index is 1980. The maximum Gasteiger partial charge on any atom is 0.417 e. The zero-order chi connectivity index (χ0) is 36.0. The standard InChI is InChI=1S/C33H27F8N3O5/c1-16-11-22(32(36,37)38)27(30(46)43(16)2)21-8-7-17(19-5-3-4-6-20(19)21)12-25(31(47)48)42-29(45)28-23(34)13-18(14-24(28)35)44-9-10-49-15-26(44)33(39,40)41/h3-8,11,13-14,25-26H,9-10,12,15H2,1-2H3,(H,42,45)(H,47,48)/t25?,26-/m1/s1. The number of ether oxygens (including phenoxy) is 1. The SMILES string of the molecule is Cc1cc(C(F)(F)F)c(-c2ccc(CC(NC(=O)c3c(F)cc(N4CCOC[C@@H]4C(F)(F)F)cc3F)C(=O)O)c3ccccc23)c(=O)n1C. The molecule has 2 atom stereocenters. The summed E-state index contributed by atoms with van der Waals surface area (Å²) in [4.78, 5) is 39.1. The number of amides is 1. The fourth-order valence-electron chi connectivity index (χ4n) is 5.84. The van der Waals surface area contributed by atoms with E-state index in [0.29, 0.717) is 17.0 Å². The Hall–Kier alpha value is -4.99. The summed E-state index contributed by atoms with van der Waals surface area (Å²) in [5.41, 5.74) is -4.27. The van der Waals surface area contributed by atoms with Crippen molar-refractivity contribution in [2.75, 3.05) is 24.7 Å². The molecule has 16 heteroatoms. The van der Waals surface area contributed by atoms with E-state index >= 15 is 8.78 Å². The maximum absolute atomic E-state index is 15.1. The molecule has 0 aliphatic carbocycles. The highest BCUT2D eigenvalue weighted by atomic mass is 19.4. The van der Waals surface area contributed by atoms with Gasteiger partial charge in [0, 0.05) is 31.4 Å². The number of carboxylic acid groups (broad SMARTS) is 1. The van der Waals surface area contributed by atoms with Gasteiger partial charge < -0.3 is 24.6 Å². The Kier molecular flexibility index (Phi) is 9.47. The number of hydrogen-bond acceptors (Lipinski definition) is 5. The highest BCUT2D eigenvalue weighted by molar-refractivity contribution is 6.00. The Morgan fingerprint density at radius 1 is 1.00 bits per heavy atom. The number of carbonyl (C=O) groups is 2. The number of aliphatic carboxylic acids is 1. The van der Waals surface area contributed by atoms with Crippen molar-refractivity contribution in [1.82, 2.24) is 9.88 Å². The summed E-state index contributed by atoms with van der Waals surface area (Å²) in [6.07, 6.45) is -10.2. The molecule has 4 aromatic rings. The largest absolute Gasteiger partial charge is 0.480 e. The van der Waals surface area contributed by atoms with Crippen LogP contribution in [0, 0.1) is 18.6 Å². The summed E-state index contributed by atoms with van der Waals surface area (Å²) in [5.74, 6) is -6.23. The summed E-state index contributed by atoms with van der Waals surface area (Å²) in [6.45, 7) is 0.0646. The van der Waals surface area contributed by atoms with Crippen LogP contribution in [0.3, 0.4) is 0 Å². The minimum absolute atomic E-state index is 0.0659. The fourth-order valence-corrected chi connectivity index (χ4v) is 5.84. The van der Waals surface area contributed by atoms with E-state index in [1.807, 2.05) is 5.32 Å². The number of nitrogens with one attached hydrogen (secondary N) is 1. The van der Waals surface area contributed by atoms with E-state index in [9.17, 15) is 45.8 Å². The van der Waals surface area contributed by atoms with Gasteiger partial charge in [-0.15, -0.1) is 0 Å². The van der Waals surface area contributed by atoms with Crippen molar-refractivity contribution in [2.24, 2.45) is 7.05 Å². The monoisotopic (exact) mass is 697 g/mol. The van der Waals surface area contributed by atoms with Gasteiger partial charge in [-0.2, -0.15) is 26.3 Å². The Morgan fingerprint density at radius 3 is 2.22 bits per heavy atom. The molecule has 1 aliphatic rings. The van der Waals surface area contributed by atoms with Crippen molar-refractivity contribution in [3.05, 3.63) is 99.0 Å². The molecule has 1 saturated heterocycles. The number of fused-ring (bicyclic) bond motifs is 1. The van der Waals surface area contributed by atoms with Crippen molar-refractivity contribution >= 4 is 28.3 Å². The number of halogens is 8. The second-order valence-corrected chi connectivity index (χ2v) is 11.4. The quantitative estimate of drug-likeness (QED) is 0.230. The van der Waals surface area contributed by atoms with E-state index < -0.39 is 88.9 Å². The number of carbonyl (C=O) groups excluding carboxylic acids is 1. The summed E-state index contributed by atoms with van der Waals surface area (Å²) in [7, 11) is 1.32. The van der Waals surface area contributed by atoms with Gasteiger partial charge in [0.05, 0.1) is 24.3 Å². The smallest absolute Gasteiger partial charge is 0.417 e. The average Bonchev–Trinajstić information content (AvgIpc) is 3.02. The van der Waals surface area contributed by atoms with Crippen molar-refractivity contribution in [2.45, 2.75) is 37.8 Å². The minimum atomic E-state index is -4.89. The van der Waals surface area contributed by atoms with Crippen LogP contribution in [-0.2, 0) is 29.2 Å². The zero-order valence-corrected chi connectivity index (χ0v) is 25.7. The number of alkyl halides is 6. The van der Waals surface area contributed by atoms with Gasteiger partial charge in [0.25, 0.3) is 11.5 Å². The van der Waals surface area contributed by atoms with Crippen molar-refractivity contribution in [3.63, 3.8) is 0 Å². The molecule has 260 valence electrons. The number of anilines is 1. The predicted octanol–water partition coefficient (Wildman–Crippen LogP) is 6.00. The molecule has 1 unspecified atom stereocenters. The van der Waals surface area contributed by atoms with Gasteiger partial charge >= 0.3 is 18.3 Å². The number of carboxylic acids is 1. The maximum atomic E-state index is 15.1. The molecule has 3 aromatic carbocycles. The lowest BCUT2D eigenvalue weighted by Crippen LogP contribution is -2.53. The van der Waals surface area contributed by atoms with Crippen LogP contribution in [0.15, 0.2) is 59.4 Å². The van der Waals surface area contributed by atoms with Gasteiger partial charge in [-0.3, -0.25) is 9.59 Å². The molecule has 1 fully saturated rings. The van der Waals surface area contributed by atoms with E-state index in [4.69, 9.17) is 4.74 Å². The van der Waals surface area contributed by atoms with Gasteiger partial charge in [0.1, 0.15) is 29.3 Å². The number of hydrogen-bond donors (Lipinski definition) is 2. The topological polar surface area (TPSA) is 101 Å². The minimum Gasteiger partial charge on any atom is -0.480 e. The van der Waals surface area contributed by atoms with Crippen molar-refractivity contribution in [3.8, 4) is 11.1 Å². The Morgan fingerprint density at radius 2 is 1.63 bits per heavy atom. The number of morpholine rings is 1. The summed E-state index contributed by atoms with van der Waals surface area (Å²) >= 11 is 0. The molecule has 2 heterocycles. The number of pyridine rings is 1. The fraction of sp³-hybridized carbons (Fsp3) is 0.303. The van der Waals surface area contributed by atoms with Crippen LogP contribution in [-0.4, -0.2) is 59.6 Å². The molecule has 0 radical (unpaired) electrons. The summed E-state index contributed by atoms with van der Waals surface area (Å²) in [6, 6.07) is 6.32. The van der Waals surface area contributed by atoms with Gasteiger partial charge in [-0.25, -0.2) is 13.6 Å². The molecule has 1 amide bonds. The molecule has 2 N–H and O–H groups in total. The first kappa shape index (κ1) is 35.3. The normalized spacial score (nSPS) is 16.1. The molecule has 0 bridgehead atoms. The number of nitrogens with zero attached hydrogens (tertiary/aromatic N) is 2. The van der Waals surface area contributed by atoms with Crippen LogP contribution in [0.4, 0.5) is 40.8 Å². The van der Waals surface area contributed by atoms with Crippen LogP contribution < -0.4 is 15.8 Å². The number of aryl methyl sites for hydroxylation is 1. The highest BCUT2D eigenvalue weighted by Gasteiger charge is 2.46. The second kappa shape index (κ2) is 13.1. The van der Waals surface area contributed by atoms with E-state index in [2.05, 4.69) is 0 Å². The van der Waals surface area contributed by atoms with Gasteiger partial charge in [0.15, 0.2) is 0 Å². The molecule has 5 rings (SSSR count). The molecular weight excluding hydrogens is 670 g/mol. The molecular formula is C33H27F8N3O5. The van der Waals surface area contributed by atoms with Gasteiger partial charge in [-0.1, -0.05) is 36.4 Å². The van der Waals surface area contributed by atoms with Crippen LogP contribution in [0.5, 0.6) is 0 Å². The second-order valence-electron chi connectivity index (χ2n) is 11.4. The molecule has 49 heavy (non-hydrogen) atoms. The third-order valence-corrected chi connectivity index (χ3v) is 8.38. The van der Waals surface area contributed by atoms with Crippen LogP contribution >= 0.6 is 0 Å². The molecule has 0 spiro atoms. The van der Waals surface area contributed by atoms with E-state index in [0.717, 1.165) is 10.6 Å². The van der Waals surface area contributed by atoms with Gasteiger partial charge in [-0.05, 0) is 47.0 Å². The lowest BCUT2D eigenvalue weighted by molar-refractivity contribution is -0.167. The molecule has 1 aromatic heterocycles. The first-order chi connectivity index (χ1) is 22.9.